The van der Waals surface area contributed by atoms with E-state index in [2.05, 4.69) is 81.7 Å². The summed E-state index contributed by atoms with van der Waals surface area (Å²) in [5.74, 6) is 3.65. The van der Waals surface area contributed by atoms with E-state index in [1.807, 2.05) is 30.5 Å². The molecule has 0 aliphatic carbocycles. The molecule has 9 nitrogen and oxygen atoms in total. The van der Waals surface area contributed by atoms with E-state index in [1.165, 1.54) is 21.7 Å². The van der Waals surface area contributed by atoms with E-state index in [-0.39, 0.29) is 24.8 Å². The van der Waals surface area contributed by atoms with Crippen molar-refractivity contribution in [3.8, 4) is 56.9 Å². The lowest BCUT2D eigenvalue weighted by Gasteiger charge is -2.40. The Morgan fingerprint density at radius 1 is 0.636 bits per heavy atom. The Morgan fingerprint density at radius 3 is 1.73 bits per heavy atom. The van der Waals surface area contributed by atoms with Crippen LogP contribution in [0.4, 0.5) is 5.69 Å². The number of nitrogens with zero attached hydrogens (tertiary/aromatic N) is 3. The van der Waals surface area contributed by atoms with E-state index in [0.717, 1.165) is 61.4 Å². The molecule has 6 rings (SSSR count). The van der Waals surface area contributed by atoms with Gasteiger partial charge in [-0.1, -0.05) is 30.3 Å². The molecule has 1 saturated heterocycles. The summed E-state index contributed by atoms with van der Waals surface area (Å²) >= 11 is 1.78. The SMILES string of the molecule is COc1cc(-c2ccc(CN(c3cccc(SC)c3)C3CCN(Cc4ccnc(-c5cc(OC)c(OC)c(OC)c5)c4)CC3)cc2)cc(OC)c1OC.Cl.Cl. The fourth-order valence-corrected chi connectivity index (χ4v) is 7.53. The summed E-state index contributed by atoms with van der Waals surface area (Å²) in [6.07, 6.45) is 6.15. The second kappa shape index (κ2) is 20.4. The normalized spacial score (nSPS) is 12.9. The summed E-state index contributed by atoms with van der Waals surface area (Å²) in [4.78, 5) is 11.1. The summed E-state index contributed by atoms with van der Waals surface area (Å²) in [6.45, 7) is 3.69. The van der Waals surface area contributed by atoms with Gasteiger partial charge in [0.1, 0.15) is 0 Å². The van der Waals surface area contributed by atoms with Crippen LogP contribution >= 0.6 is 36.6 Å². The number of aromatic nitrogens is 1. The highest BCUT2D eigenvalue weighted by Gasteiger charge is 2.26. The number of rotatable bonds is 15. The highest BCUT2D eigenvalue weighted by atomic mass is 35.5. The van der Waals surface area contributed by atoms with Crippen molar-refractivity contribution >= 4 is 42.3 Å². The van der Waals surface area contributed by atoms with Crippen molar-refractivity contribution < 1.29 is 28.4 Å². The van der Waals surface area contributed by atoms with Crippen LogP contribution in [0.2, 0.25) is 0 Å². The highest BCUT2D eigenvalue weighted by molar-refractivity contribution is 7.98. The Bertz CT molecular complexity index is 1940. The summed E-state index contributed by atoms with van der Waals surface area (Å²) in [7, 11) is 9.78. The maximum absolute atomic E-state index is 5.61. The van der Waals surface area contributed by atoms with Gasteiger partial charge >= 0.3 is 0 Å². The van der Waals surface area contributed by atoms with Gasteiger partial charge in [-0.25, -0.2) is 0 Å². The molecule has 1 aliphatic rings. The van der Waals surface area contributed by atoms with Gasteiger partial charge in [0.25, 0.3) is 0 Å². The van der Waals surface area contributed by atoms with Gasteiger partial charge in [0.15, 0.2) is 23.0 Å². The first-order chi connectivity index (χ1) is 25.9. The zero-order valence-electron chi connectivity index (χ0n) is 32.5. The van der Waals surface area contributed by atoms with Gasteiger partial charge in [0, 0.05) is 54.6 Å². The Kier molecular flexibility index (Phi) is 16.1. The van der Waals surface area contributed by atoms with Crippen LogP contribution in [0.25, 0.3) is 22.4 Å². The summed E-state index contributed by atoms with van der Waals surface area (Å²) in [5, 5.41) is 0. The van der Waals surface area contributed by atoms with Crippen molar-refractivity contribution in [2.45, 2.75) is 36.9 Å². The molecule has 0 atom stereocenters. The van der Waals surface area contributed by atoms with E-state index in [0.29, 0.717) is 40.5 Å². The van der Waals surface area contributed by atoms with Crippen LogP contribution in [0.3, 0.4) is 0 Å². The first kappa shape index (κ1) is 43.3. The maximum atomic E-state index is 5.61. The number of likely N-dealkylation sites (tertiary alicyclic amines) is 1. The van der Waals surface area contributed by atoms with Crippen molar-refractivity contribution in [3.05, 3.63) is 102 Å². The molecule has 1 aliphatic heterocycles. The van der Waals surface area contributed by atoms with E-state index in [4.69, 9.17) is 28.4 Å². The number of methoxy groups -OCH3 is 6. The van der Waals surface area contributed by atoms with Crippen LogP contribution in [0, 0.1) is 0 Å². The largest absolute Gasteiger partial charge is 0.493 e. The number of benzene rings is 4. The molecule has 0 bridgehead atoms. The van der Waals surface area contributed by atoms with Crippen molar-refractivity contribution in [1.82, 2.24) is 9.88 Å². The standard InChI is InChI=1S/C43H49N3O6S.2ClH/c1-47-38-22-32(23-39(48-2)42(38)51-5)31-13-11-29(12-14-31)28-46(35-9-8-10-36(26-35)53-7)34-16-19-45(20-17-34)27-30-15-18-44-37(21-30)33-24-40(49-3)43(52-6)41(25-33)50-4;;/h8-15,18,21-26,34H,16-17,19-20,27-28H2,1-7H3;2*1H. The van der Waals surface area contributed by atoms with E-state index in [9.17, 15) is 0 Å². The molecule has 12 heteroatoms. The molecule has 0 spiro atoms. The number of halogens is 2. The lowest BCUT2D eigenvalue weighted by Crippen LogP contribution is -2.44. The maximum Gasteiger partial charge on any atom is 0.203 e. The van der Waals surface area contributed by atoms with Gasteiger partial charge in [-0.2, -0.15) is 0 Å². The first-order valence-corrected chi connectivity index (χ1v) is 18.9. The Morgan fingerprint density at radius 2 is 1.20 bits per heavy atom. The van der Waals surface area contributed by atoms with Gasteiger partial charge < -0.3 is 33.3 Å². The average Bonchev–Trinajstić information content (AvgIpc) is 3.22. The summed E-state index contributed by atoms with van der Waals surface area (Å²) in [6, 6.07) is 30.3. The highest BCUT2D eigenvalue weighted by Crippen LogP contribution is 2.42. The fourth-order valence-electron chi connectivity index (χ4n) is 7.07. The van der Waals surface area contributed by atoms with Gasteiger partial charge in [-0.05, 0) is 95.9 Å². The zero-order valence-corrected chi connectivity index (χ0v) is 34.9. The lowest BCUT2D eigenvalue weighted by atomic mass is 9.99. The van der Waals surface area contributed by atoms with Gasteiger partial charge in [-0.15, -0.1) is 36.6 Å². The van der Waals surface area contributed by atoms with E-state index >= 15 is 0 Å². The molecular formula is C43H51Cl2N3O6S. The molecule has 1 fully saturated rings. The predicted molar refractivity (Wildman–Crippen MR) is 228 cm³/mol. The fraction of sp³-hybridized carbons (Fsp3) is 0.326. The number of hydrogen-bond acceptors (Lipinski definition) is 10. The zero-order chi connectivity index (χ0) is 37.3. The molecule has 0 unspecified atom stereocenters. The number of pyridine rings is 1. The van der Waals surface area contributed by atoms with Crippen LogP contribution in [0.15, 0.2) is 96.0 Å². The third kappa shape index (κ3) is 10.0. The van der Waals surface area contributed by atoms with Crippen LogP contribution in [-0.4, -0.2) is 77.9 Å². The second-order valence-electron chi connectivity index (χ2n) is 12.9. The van der Waals surface area contributed by atoms with Crippen LogP contribution in [0.5, 0.6) is 34.5 Å². The molecule has 294 valence electrons. The molecule has 4 aromatic carbocycles. The van der Waals surface area contributed by atoms with Crippen molar-refractivity contribution in [2.75, 3.05) is 66.9 Å². The molecule has 55 heavy (non-hydrogen) atoms. The quantitative estimate of drug-likeness (QED) is 0.0955. The van der Waals surface area contributed by atoms with Crippen LogP contribution in [0.1, 0.15) is 24.0 Å². The minimum Gasteiger partial charge on any atom is -0.493 e. The van der Waals surface area contributed by atoms with Gasteiger partial charge in [0.2, 0.25) is 11.5 Å². The lowest BCUT2D eigenvalue weighted by molar-refractivity contribution is 0.201. The van der Waals surface area contributed by atoms with Gasteiger partial charge in [0.05, 0.1) is 48.4 Å². The summed E-state index contributed by atoms with van der Waals surface area (Å²) in [5.41, 5.74) is 7.61. The van der Waals surface area contributed by atoms with Crippen molar-refractivity contribution in [1.29, 1.82) is 0 Å². The molecule has 1 aromatic heterocycles. The Balaban J connectivity index is 0.00000336. The van der Waals surface area contributed by atoms with E-state index < -0.39 is 0 Å². The smallest absolute Gasteiger partial charge is 0.203 e. The van der Waals surface area contributed by atoms with Crippen molar-refractivity contribution in [2.24, 2.45) is 0 Å². The number of anilines is 1. The predicted octanol–water partition coefficient (Wildman–Crippen LogP) is 9.70. The number of ether oxygens (including phenoxy) is 6. The molecular weight excluding hydrogens is 757 g/mol. The summed E-state index contributed by atoms with van der Waals surface area (Å²) < 4.78 is 33.5. The minimum absolute atomic E-state index is 0. The Labute approximate surface area is 342 Å². The average molecular weight is 809 g/mol. The van der Waals surface area contributed by atoms with Crippen molar-refractivity contribution in [3.63, 3.8) is 0 Å². The molecule has 0 saturated carbocycles. The molecule has 2 heterocycles. The first-order valence-electron chi connectivity index (χ1n) is 17.7. The van der Waals surface area contributed by atoms with Gasteiger partial charge in [-0.3, -0.25) is 9.88 Å². The molecule has 0 N–H and O–H groups in total. The topological polar surface area (TPSA) is 74.8 Å². The Hall–Kier alpha value is -4.48. The number of hydrogen-bond donors (Lipinski definition) is 0. The third-order valence-electron chi connectivity index (χ3n) is 9.88. The number of thioether (sulfide) groups is 1. The van der Waals surface area contributed by atoms with Crippen LogP contribution < -0.4 is 33.3 Å². The molecule has 0 amide bonds. The number of piperidine rings is 1. The van der Waals surface area contributed by atoms with Crippen LogP contribution in [-0.2, 0) is 13.1 Å². The monoisotopic (exact) mass is 807 g/mol. The molecule has 0 radical (unpaired) electrons. The van der Waals surface area contributed by atoms with E-state index in [1.54, 1.807) is 54.4 Å². The second-order valence-corrected chi connectivity index (χ2v) is 13.8. The molecule has 5 aromatic rings. The minimum atomic E-state index is 0. The third-order valence-corrected chi connectivity index (χ3v) is 10.6.